The maximum absolute atomic E-state index is 5.67. The fourth-order valence-electron chi connectivity index (χ4n) is 1.81. The second-order valence-corrected chi connectivity index (χ2v) is 6.29. The highest BCUT2D eigenvalue weighted by molar-refractivity contribution is 7.15. The molecule has 19 heavy (non-hydrogen) atoms. The van der Waals surface area contributed by atoms with Gasteiger partial charge in [-0.15, -0.1) is 11.3 Å². The molecule has 1 heterocycles. The number of nitrogens with one attached hydrogen (secondary N) is 1. The van der Waals surface area contributed by atoms with Gasteiger partial charge in [0.25, 0.3) is 0 Å². The van der Waals surface area contributed by atoms with E-state index in [1.807, 2.05) is 0 Å². The second kappa shape index (κ2) is 7.22. The largest absolute Gasteiger partial charge is 0.379 e. The van der Waals surface area contributed by atoms with Crippen molar-refractivity contribution >= 4 is 16.5 Å². The molecule has 2 rings (SSSR count). The third-order valence-corrected chi connectivity index (χ3v) is 4.64. The van der Waals surface area contributed by atoms with Gasteiger partial charge in [0.2, 0.25) is 0 Å². The average Bonchev–Trinajstić information content (AvgIpc) is 3.15. The van der Waals surface area contributed by atoms with E-state index < -0.39 is 0 Å². The summed E-state index contributed by atoms with van der Waals surface area (Å²) in [4.78, 5) is 8.17. The molecule has 5 heteroatoms. The van der Waals surface area contributed by atoms with Crippen molar-refractivity contribution in [2.75, 3.05) is 38.3 Å². The lowest BCUT2D eigenvalue weighted by Crippen LogP contribution is -2.22. The van der Waals surface area contributed by atoms with Gasteiger partial charge in [0.15, 0.2) is 5.13 Å². The summed E-state index contributed by atoms with van der Waals surface area (Å²) in [6.07, 6.45) is 2.71. The predicted molar refractivity (Wildman–Crippen MR) is 81.0 cm³/mol. The third-order valence-electron chi connectivity index (χ3n) is 3.36. The Morgan fingerprint density at radius 1 is 1.47 bits per heavy atom. The van der Waals surface area contributed by atoms with Crippen LogP contribution in [0.25, 0.3) is 0 Å². The van der Waals surface area contributed by atoms with Crippen LogP contribution in [-0.2, 0) is 11.3 Å². The van der Waals surface area contributed by atoms with Crippen LogP contribution in [-0.4, -0.2) is 38.3 Å². The molecule has 4 nitrogen and oxygen atoms in total. The SMILES string of the molecule is CCNCc1sc(N(C)CCOCC2CC2)nc1C. The van der Waals surface area contributed by atoms with Crippen molar-refractivity contribution in [3.05, 3.63) is 10.6 Å². The molecule has 1 fully saturated rings. The lowest BCUT2D eigenvalue weighted by Gasteiger charge is -2.15. The normalized spacial score (nSPS) is 14.9. The molecule has 108 valence electrons. The van der Waals surface area contributed by atoms with Gasteiger partial charge in [-0.3, -0.25) is 0 Å². The van der Waals surface area contributed by atoms with E-state index in [-0.39, 0.29) is 0 Å². The summed E-state index contributed by atoms with van der Waals surface area (Å²) in [7, 11) is 2.09. The first-order chi connectivity index (χ1) is 9.20. The van der Waals surface area contributed by atoms with Crippen LogP contribution >= 0.6 is 11.3 Å². The van der Waals surface area contributed by atoms with Crippen molar-refractivity contribution < 1.29 is 4.74 Å². The second-order valence-electron chi connectivity index (χ2n) is 5.23. The summed E-state index contributed by atoms with van der Waals surface area (Å²) in [5.74, 6) is 0.846. The zero-order valence-corrected chi connectivity index (χ0v) is 13.1. The van der Waals surface area contributed by atoms with Crippen LogP contribution in [0.5, 0.6) is 0 Å². The van der Waals surface area contributed by atoms with Crippen molar-refractivity contribution in [3.8, 4) is 0 Å². The number of ether oxygens (including phenoxy) is 1. The van der Waals surface area contributed by atoms with Crippen LogP contribution in [0.1, 0.15) is 30.3 Å². The van der Waals surface area contributed by atoms with Crippen LogP contribution < -0.4 is 10.2 Å². The molecule has 0 spiro atoms. The number of hydrogen-bond acceptors (Lipinski definition) is 5. The minimum absolute atomic E-state index is 0.800. The summed E-state index contributed by atoms with van der Waals surface area (Å²) in [5.41, 5.74) is 1.15. The standard InChI is InChI=1S/C14H25N3OS/c1-4-15-9-13-11(2)16-14(19-13)17(3)7-8-18-10-12-5-6-12/h12,15H,4-10H2,1-3H3. The molecule has 1 aromatic rings. The van der Waals surface area contributed by atoms with E-state index in [1.165, 1.54) is 17.7 Å². The molecule has 0 saturated heterocycles. The van der Waals surface area contributed by atoms with E-state index in [1.54, 1.807) is 11.3 Å². The van der Waals surface area contributed by atoms with E-state index in [0.717, 1.165) is 49.6 Å². The van der Waals surface area contributed by atoms with Crippen molar-refractivity contribution in [3.63, 3.8) is 0 Å². The van der Waals surface area contributed by atoms with Crippen LogP contribution in [0.3, 0.4) is 0 Å². The fourth-order valence-corrected chi connectivity index (χ4v) is 2.83. The zero-order chi connectivity index (χ0) is 13.7. The van der Waals surface area contributed by atoms with E-state index in [9.17, 15) is 0 Å². The van der Waals surface area contributed by atoms with E-state index in [2.05, 4.69) is 36.1 Å². The Balaban J connectivity index is 1.75. The van der Waals surface area contributed by atoms with Gasteiger partial charge in [-0.05, 0) is 32.2 Å². The molecular formula is C14H25N3OS. The number of thiazole rings is 1. The zero-order valence-electron chi connectivity index (χ0n) is 12.2. The molecule has 0 radical (unpaired) electrons. The van der Waals surface area contributed by atoms with Gasteiger partial charge in [0.1, 0.15) is 0 Å². The molecule has 0 bridgehead atoms. The summed E-state index contributed by atoms with van der Waals surface area (Å²) < 4.78 is 5.67. The van der Waals surface area contributed by atoms with Crippen LogP contribution in [0.15, 0.2) is 0 Å². The molecular weight excluding hydrogens is 258 g/mol. The van der Waals surface area contributed by atoms with E-state index in [0.29, 0.717) is 0 Å². The van der Waals surface area contributed by atoms with Crippen LogP contribution in [0, 0.1) is 12.8 Å². The number of likely N-dealkylation sites (N-methyl/N-ethyl adjacent to an activating group) is 1. The predicted octanol–water partition coefficient (Wildman–Crippen LogP) is 2.42. The first-order valence-corrected chi connectivity index (χ1v) is 7.98. The van der Waals surface area contributed by atoms with Gasteiger partial charge in [0, 0.05) is 31.6 Å². The Kier molecular flexibility index (Phi) is 5.60. The summed E-state index contributed by atoms with van der Waals surface area (Å²) in [6, 6.07) is 0. The minimum atomic E-state index is 0.800. The first-order valence-electron chi connectivity index (χ1n) is 7.16. The van der Waals surface area contributed by atoms with Gasteiger partial charge in [-0.25, -0.2) is 4.98 Å². The van der Waals surface area contributed by atoms with Crippen molar-refractivity contribution in [1.82, 2.24) is 10.3 Å². The van der Waals surface area contributed by atoms with Crippen LogP contribution in [0.4, 0.5) is 5.13 Å². The van der Waals surface area contributed by atoms with Crippen molar-refractivity contribution in [2.45, 2.75) is 33.2 Å². The Hall–Kier alpha value is -0.650. The lowest BCUT2D eigenvalue weighted by atomic mass is 10.4. The smallest absolute Gasteiger partial charge is 0.185 e. The summed E-state index contributed by atoms with van der Waals surface area (Å²) in [6.45, 7) is 8.79. The Bertz CT molecular complexity index is 390. The maximum Gasteiger partial charge on any atom is 0.185 e. The van der Waals surface area contributed by atoms with E-state index in [4.69, 9.17) is 4.74 Å². The first kappa shape index (κ1) is 14.8. The van der Waals surface area contributed by atoms with E-state index >= 15 is 0 Å². The molecule has 1 aliphatic rings. The number of rotatable bonds is 9. The topological polar surface area (TPSA) is 37.4 Å². The highest BCUT2D eigenvalue weighted by Crippen LogP contribution is 2.29. The molecule has 0 aliphatic heterocycles. The number of aryl methyl sites for hydroxylation is 1. The average molecular weight is 283 g/mol. The van der Waals surface area contributed by atoms with Gasteiger partial charge in [0.05, 0.1) is 12.3 Å². The number of hydrogen-bond donors (Lipinski definition) is 1. The molecule has 0 unspecified atom stereocenters. The molecule has 0 amide bonds. The van der Waals surface area contributed by atoms with Crippen LogP contribution in [0.2, 0.25) is 0 Å². The third kappa shape index (κ3) is 4.75. The summed E-state index contributed by atoms with van der Waals surface area (Å²) in [5, 5.41) is 4.45. The molecule has 1 aromatic heterocycles. The van der Waals surface area contributed by atoms with Gasteiger partial charge >= 0.3 is 0 Å². The lowest BCUT2D eigenvalue weighted by molar-refractivity contribution is 0.131. The van der Waals surface area contributed by atoms with Crippen molar-refractivity contribution in [1.29, 1.82) is 0 Å². The molecule has 0 atom stereocenters. The number of anilines is 1. The molecule has 1 N–H and O–H groups in total. The monoisotopic (exact) mass is 283 g/mol. The number of nitrogens with zero attached hydrogens (tertiary/aromatic N) is 2. The highest BCUT2D eigenvalue weighted by Gasteiger charge is 2.21. The molecule has 1 aliphatic carbocycles. The Morgan fingerprint density at radius 2 is 2.26 bits per heavy atom. The molecule has 1 saturated carbocycles. The maximum atomic E-state index is 5.67. The van der Waals surface area contributed by atoms with Gasteiger partial charge < -0.3 is 15.0 Å². The minimum Gasteiger partial charge on any atom is -0.379 e. The highest BCUT2D eigenvalue weighted by atomic mass is 32.1. The quantitative estimate of drug-likeness (QED) is 0.706. The fraction of sp³-hybridized carbons (Fsp3) is 0.786. The number of aromatic nitrogens is 1. The molecule has 0 aromatic carbocycles. The van der Waals surface area contributed by atoms with Gasteiger partial charge in [-0.2, -0.15) is 0 Å². The van der Waals surface area contributed by atoms with Crippen molar-refractivity contribution in [2.24, 2.45) is 5.92 Å². The summed E-state index contributed by atoms with van der Waals surface area (Å²) >= 11 is 1.78. The Labute approximate surface area is 120 Å². The Morgan fingerprint density at radius 3 is 2.95 bits per heavy atom. The van der Waals surface area contributed by atoms with Gasteiger partial charge in [-0.1, -0.05) is 6.92 Å².